The van der Waals surface area contributed by atoms with Crippen LogP contribution in [0.15, 0.2) is 40.0 Å². The number of aromatic nitrogens is 2. The number of anilines is 2. The molecule has 19 heavy (non-hydrogen) atoms. The van der Waals surface area contributed by atoms with E-state index in [0.29, 0.717) is 4.47 Å². The highest BCUT2D eigenvalue weighted by Crippen LogP contribution is 2.25. The third-order valence-electron chi connectivity index (χ3n) is 2.14. The molecular formula is C10H8BrClN4O2S. The lowest BCUT2D eigenvalue weighted by Gasteiger charge is -2.09. The number of nitrogens with one attached hydrogen (secondary N) is 1. The summed E-state index contributed by atoms with van der Waals surface area (Å²) in [4.78, 5) is 7.46. The molecule has 2 heterocycles. The Morgan fingerprint density at radius 3 is 2.74 bits per heavy atom. The fraction of sp³-hybridized carbons (Fsp3) is 0. The van der Waals surface area contributed by atoms with Gasteiger partial charge in [0.25, 0.3) is 10.0 Å². The average Bonchev–Trinajstić information content (AvgIpc) is 2.34. The third kappa shape index (κ3) is 3.14. The fourth-order valence-electron chi connectivity index (χ4n) is 1.32. The van der Waals surface area contributed by atoms with Crippen LogP contribution in [0.4, 0.5) is 11.5 Å². The maximum absolute atomic E-state index is 12.1. The predicted octanol–water partition coefficient (Wildman–Crippen LogP) is 2.28. The first-order chi connectivity index (χ1) is 8.90. The number of nitrogen functional groups attached to an aromatic ring is 1. The molecule has 0 fully saturated rings. The van der Waals surface area contributed by atoms with Crippen molar-refractivity contribution in [1.82, 2.24) is 9.97 Å². The van der Waals surface area contributed by atoms with E-state index in [-0.39, 0.29) is 21.6 Å². The Morgan fingerprint density at radius 2 is 2.11 bits per heavy atom. The van der Waals surface area contributed by atoms with Crippen LogP contribution < -0.4 is 10.5 Å². The summed E-state index contributed by atoms with van der Waals surface area (Å²) in [6.07, 6.45) is 2.71. The van der Waals surface area contributed by atoms with Gasteiger partial charge in [-0.05, 0) is 34.1 Å². The van der Waals surface area contributed by atoms with E-state index >= 15 is 0 Å². The van der Waals surface area contributed by atoms with Crippen molar-refractivity contribution in [2.75, 3.05) is 10.5 Å². The molecular weight excluding hydrogens is 356 g/mol. The van der Waals surface area contributed by atoms with Gasteiger partial charge in [0.2, 0.25) is 0 Å². The van der Waals surface area contributed by atoms with Gasteiger partial charge in [0.1, 0.15) is 15.9 Å². The van der Waals surface area contributed by atoms with Crippen molar-refractivity contribution in [2.24, 2.45) is 0 Å². The van der Waals surface area contributed by atoms with Crippen LogP contribution in [-0.2, 0) is 10.0 Å². The molecule has 0 atom stereocenters. The quantitative estimate of drug-likeness (QED) is 0.815. The summed E-state index contributed by atoms with van der Waals surface area (Å²) >= 11 is 8.89. The number of halogens is 2. The van der Waals surface area contributed by atoms with Crippen molar-refractivity contribution in [3.8, 4) is 0 Å². The molecule has 0 unspecified atom stereocenters. The predicted molar refractivity (Wildman–Crippen MR) is 76.4 cm³/mol. The number of sulfonamides is 1. The molecule has 2 aromatic heterocycles. The van der Waals surface area contributed by atoms with Crippen molar-refractivity contribution in [3.63, 3.8) is 0 Å². The molecule has 0 radical (unpaired) electrons. The molecule has 0 aliphatic rings. The van der Waals surface area contributed by atoms with Gasteiger partial charge in [0.15, 0.2) is 0 Å². The Balaban J connectivity index is 2.37. The van der Waals surface area contributed by atoms with Crippen molar-refractivity contribution in [3.05, 3.63) is 40.2 Å². The molecule has 2 rings (SSSR count). The average molecular weight is 364 g/mol. The molecule has 0 aliphatic heterocycles. The van der Waals surface area contributed by atoms with E-state index in [9.17, 15) is 8.42 Å². The van der Waals surface area contributed by atoms with Crippen LogP contribution in [-0.4, -0.2) is 18.4 Å². The van der Waals surface area contributed by atoms with E-state index in [0.717, 1.165) is 0 Å². The minimum Gasteiger partial charge on any atom is -0.383 e. The van der Waals surface area contributed by atoms with Crippen LogP contribution >= 0.6 is 27.5 Å². The number of nitrogens with zero attached hydrogens (tertiary/aromatic N) is 2. The van der Waals surface area contributed by atoms with Gasteiger partial charge in [-0.15, -0.1) is 0 Å². The van der Waals surface area contributed by atoms with Crippen molar-refractivity contribution in [1.29, 1.82) is 0 Å². The van der Waals surface area contributed by atoms with Gasteiger partial charge in [-0.1, -0.05) is 11.6 Å². The number of pyridine rings is 2. The first kappa shape index (κ1) is 14.0. The summed E-state index contributed by atoms with van der Waals surface area (Å²) in [5.41, 5.74) is 5.80. The standard InChI is InChI=1S/C10H8BrClN4O2S/c11-7-4-6(5-15-9(7)12)16-19(17,18)8-2-1-3-14-10(8)13/h1-5,16H,(H2,13,14). The third-order valence-corrected chi connectivity index (χ3v) is 4.70. The highest BCUT2D eigenvalue weighted by Gasteiger charge is 2.18. The van der Waals surface area contributed by atoms with Gasteiger partial charge < -0.3 is 5.73 Å². The van der Waals surface area contributed by atoms with Gasteiger partial charge >= 0.3 is 0 Å². The molecule has 0 aliphatic carbocycles. The molecule has 0 spiro atoms. The molecule has 0 bridgehead atoms. The van der Waals surface area contributed by atoms with Crippen LogP contribution in [0.2, 0.25) is 5.15 Å². The van der Waals surface area contributed by atoms with E-state index in [1.165, 1.54) is 30.6 Å². The zero-order chi connectivity index (χ0) is 14.0. The fourth-order valence-corrected chi connectivity index (χ4v) is 2.89. The van der Waals surface area contributed by atoms with Gasteiger partial charge in [-0.2, -0.15) is 0 Å². The molecule has 0 aromatic carbocycles. The Morgan fingerprint density at radius 1 is 1.37 bits per heavy atom. The second-order valence-corrected chi connectivity index (χ2v) is 6.35. The van der Waals surface area contributed by atoms with Gasteiger partial charge in [0.05, 0.1) is 16.4 Å². The van der Waals surface area contributed by atoms with E-state index < -0.39 is 10.0 Å². The Labute approximate surface area is 123 Å². The SMILES string of the molecule is Nc1ncccc1S(=O)(=O)Nc1cnc(Cl)c(Br)c1. The minimum atomic E-state index is -3.82. The first-order valence-electron chi connectivity index (χ1n) is 4.94. The number of hydrogen-bond donors (Lipinski definition) is 2. The topological polar surface area (TPSA) is 98.0 Å². The summed E-state index contributed by atoms with van der Waals surface area (Å²) in [5.74, 6) is -0.0732. The maximum Gasteiger partial charge on any atom is 0.265 e. The van der Waals surface area contributed by atoms with E-state index in [2.05, 4.69) is 30.6 Å². The lowest BCUT2D eigenvalue weighted by Crippen LogP contribution is -2.15. The van der Waals surface area contributed by atoms with Gasteiger partial charge in [-0.3, -0.25) is 4.72 Å². The van der Waals surface area contributed by atoms with E-state index in [4.69, 9.17) is 17.3 Å². The second kappa shape index (κ2) is 5.32. The van der Waals surface area contributed by atoms with Crippen LogP contribution in [0, 0.1) is 0 Å². The second-order valence-electron chi connectivity index (χ2n) is 3.49. The molecule has 2 aromatic rings. The Bertz CT molecular complexity index is 723. The lowest BCUT2D eigenvalue weighted by atomic mass is 10.4. The van der Waals surface area contributed by atoms with Crippen LogP contribution in [0.3, 0.4) is 0 Å². The van der Waals surface area contributed by atoms with Crippen molar-refractivity contribution in [2.45, 2.75) is 4.90 Å². The van der Waals surface area contributed by atoms with Gasteiger partial charge in [-0.25, -0.2) is 18.4 Å². The number of rotatable bonds is 3. The van der Waals surface area contributed by atoms with Crippen molar-refractivity contribution >= 4 is 49.1 Å². The first-order valence-corrected chi connectivity index (χ1v) is 7.60. The van der Waals surface area contributed by atoms with Crippen LogP contribution in [0.5, 0.6) is 0 Å². The minimum absolute atomic E-state index is 0.0732. The zero-order valence-corrected chi connectivity index (χ0v) is 12.5. The summed E-state index contributed by atoms with van der Waals surface area (Å²) in [5, 5.41) is 0.240. The lowest BCUT2D eigenvalue weighted by molar-refractivity contribution is 0.601. The molecule has 6 nitrogen and oxygen atoms in total. The molecule has 3 N–H and O–H groups in total. The largest absolute Gasteiger partial charge is 0.383 e. The monoisotopic (exact) mass is 362 g/mol. The molecule has 0 amide bonds. The van der Waals surface area contributed by atoms with E-state index in [1.54, 1.807) is 0 Å². The highest BCUT2D eigenvalue weighted by molar-refractivity contribution is 9.10. The maximum atomic E-state index is 12.1. The molecule has 0 saturated carbocycles. The molecule has 9 heteroatoms. The summed E-state index contributed by atoms with van der Waals surface area (Å²) in [6.45, 7) is 0. The van der Waals surface area contributed by atoms with Crippen LogP contribution in [0.25, 0.3) is 0 Å². The summed E-state index contributed by atoms with van der Waals surface area (Å²) in [6, 6.07) is 4.35. The Kier molecular flexibility index (Phi) is 3.93. The number of nitrogens with two attached hydrogens (primary N) is 1. The number of hydrogen-bond acceptors (Lipinski definition) is 5. The van der Waals surface area contributed by atoms with E-state index in [1.807, 2.05) is 0 Å². The summed E-state index contributed by atoms with van der Waals surface area (Å²) in [7, 11) is -3.82. The zero-order valence-electron chi connectivity index (χ0n) is 9.34. The molecule has 100 valence electrons. The molecule has 0 saturated heterocycles. The highest BCUT2D eigenvalue weighted by atomic mass is 79.9. The van der Waals surface area contributed by atoms with Gasteiger partial charge in [0, 0.05) is 6.20 Å². The smallest absolute Gasteiger partial charge is 0.265 e. The summed E-state index contributed by atoms with van der Waals surface area (Å²) < 4.78 is 27.0. The van der Waals surface area contributed by atoms with Crippen LogP contribution in [0.1, 0.15) is 0 Å². The Hall–Kier alpha value is -1.38. The normalized spacial score (nSPS) is 11.3. The van der Waals surface area contributed by atoms with Crippen molar-refractivity contribution < 1.29 is 8.42 Å².